The Morgan fingerprint density at radius 2 is 1.68 bits per heavy atom. The summed E-state index contributed by atoms with van der Waals surface area (Å²) in [5, 5.41) is 0. The summed E-state index contributed by atoms with van der Waals surface area (Å²) in [4.78, 5) is 24.3. The molecule has 0 fully saturated rings. The number of amides is 2. The Morgan fingerprint density at radius 1 is 1.04 bits per heavy atom. The number of carbonyl (C=O) groups is 2. The summed E-state index contributed by atoms with van der Waals surface area (Å²) >= 11 is 0. The molecule has 9 heteroatoms. The van der Waals surface area contributed by atoms with E-state index in [1.54, 1.807) is 24.3 Å². The van der Waals surface area contributed by atoms with E-state index in [0.717, 1.165) is 0 Å². The molecule has 28 heavy (non-hydrogen) atoms. The standard InChI is InChI=1S/C19H21N3O5S/c1-3-12-20-28(25,26)17-7-5-6-15(13-17)19(24)22-21-18(23)14-8-10-16(11-9-14)27-4-2/h3,5-11,13,20H,1,4,12H2,2H3,(H,21,23)(H,22,24). The number of hydrogen-bond donors (Lipinski definition) is 3. The van der Waals surface area contributed by atoms with E-state index in [1.165, 1.54) is 30.3 Å². The van der Waals surface area contributed by atoms with Crippen molar-refractivity contribution in [3.8, 4) is 5.75 Å². The fraction of sp³-hybridized carbons (Fsp3) is 0.158. The van der Waals surface area contributed by atoms with Gasteiger partial charge in [-0.25, -0.2) is 13.1 Å². The summed E-state index contributed by atoms with van der Waals surface area (Å²) in [5.74, 6) is -0.543. The molecule has 0 aromatic heterocycles. The number of ether oxygens (including phenoxy) is 1. The number of hydrogen-bond acceptors (Lipinski definition) is 5. The highest BCUT2D eigenvalue weighted by Crippen LogP contribution is 2.13. The van der Waals surface area contributed by atoms with Crippen molar-refractivity contribution in [2.75, 3.05) is 13.2 Å². The number of sulfonamides is 1. The first-order valence-electron chi connectivity index (χ1n) is 8.41. The van der Waals surface area contributed by atoms with Crippen LogP contribution >= 0.6 is 0 Å². The lowest BCUT2D eigenvalue weighted by molar-refractivity contribution is 0.0846. The summed E-state index contributed by atoms with van der Waals surface area (Å²) in [6.07, 6.45) is 1.41. The van der Waals surface area contributed by atoms with Crippen LogP contribution in [0, 0.1) is 0 Å². The first-order valence-corrected chi connectivity index (χ1v) is 9.90. The van der Waals surface area contributed by atoms with Crippen LogP contribution in [-0.2, 0) is 10.0 Å². The van der Waals surface area contributed by atoms with Crippen LogP contribution < -0.4 is 20.3 Å². The molecule has 2 rings (SSSR count). The van der Waals surface area contributed by atoms with Crippen molar-refractivity contribution in [1.29, 1.82) is 0 Å². The van der Waals surface area contributed by atoms with Crippen LogP contribution in [0.4, 0.5) is 0 Å². The Hall–Kier alpha value is -3.17. The van der Waals surface area contributed by atoms with Crippen molar-refractivity contribution in [3.63, 3.8) is 0 Å². The molecule has 0 aliphatic carbocycles. The third-order valence-corrected chi connectivity index (χ3v) is 4.96. The van der Waals surface area contributed by atoms with Gasteiger partial charge in [-0.05, 0) is 49.4 Å². The predicted octanol–water partition coefficient (Wildman–Crippen LogP) is 1.62. The SMILES string of the molecule is C=CCNS(=O)(=O)c1cccc(C(=O)NNC(=O)c2ccc(OCC)cc2)c1. The second kappa shape index (κ2) is 9.67. The molecule has 0 heterocycles. The fourth-order valence-electron chi connectivity index (χ4n) is 2.18. The van der Waals surface area contributed by atoms with Gasteiger partial charge < -0.3 is 4.74 Å². The van der Waals surface area contributed by atoms with Crippen molar-refractivity contribution >= 4 is 21.8 Å². The largest absolute Gasteiger partial charge is 0.494 e. The van der Waals surface area contributed by atoms with Gasteiger partial charge in [0, 0.05) is 17.7 Å². The van der Waals surface area contributed by atoms with Crippen molar-refractivity contribution in [1.82, 2.24) is 15.6 Å². The molecular formula is C19H21N3O5S. The molecule has 0 aliphatic rings. The third-order valence-electron chi connectivity index (χ3n) is 3.54. The van der Waals surface area contributed by atoms with Gasteiger partial charge in [-0.15, -0.1) is 6.58 Å². The zero-order valence-corrected chi connectivity index (χ0v) is 16.1. The second-order valence-corrected chi connectivity index (χ2v) is 7.30. The van der Waals surface area contributed by atoms with Gasteiger partial charge in [0.25, 0.3) is 11.8 Å². The monoisotopic (exact) mass is 403 g/mol. The lowest BCUT2D eigenvalue weighted by atomic mass is 10.2. The summed E-state index contributed by atoms with van der Waals surface area (Å²) in [5.41, 5.74) is 4.95. The number of hydrazine groups is 1. The highest BCUT2D eigenvalue weighted by molar-refractivity contribution is 7.89. The fourth-order valence-corrected chi connectivity index (χ4v) is 3.23. The lowest BCUT2D eigenvalue weighted by Gasteiger charge is -2.10. The molecule has 2 amide bonds. The number of nitrogens with one attached hydrogen (secondary N) is 3. The van der Waals surface area contributed by atoms with Crippen LogP contribution in [0.5, 0.6) is 5.75 Å². The van der Waals surface area contributed by atoms with Gasteiger partial charge in [-0.1, -0.05) is 12.1 Å². The Balaban J connectivity index is 2.02. The normalized spacial score (nSPS) is 10.8. The Labute approximate surface area is 163 Å². The summed E-state index contributed by atoms with van der Waals surface area (Å²) < 4.78 is 31.9. The van der Waals surface area contributed by atoms with E-state index in [2.05, 4.69) is 22.2 Å². The molecule has 0 saturated carbocycles. The molecule has 0 bridgehead atoms. The van der Waals surface area contributed by atoms with Gasteiger partial charge in [0.15, 0.2) is 0 Å². The van der Waals surface area contributed by atoms with E-state index < -0.39 is 21.8 Å². The van der Waals surface area contributed by atoms with E-state index >= 15 is 0 Å². The van der Waals surface area contributed by atoms with Crippen molar-refractivity contribution in [3.05, 3.63) is 72.3 Å². The Bertz CT molecular complexity index is 956. The van der Waals surface area contributed by atoms with Crippen LogP contribution in [0.3, 0.4) is 0 Å². The van der Waals surface area contributed by atoms with Crippen LogP contribution in [0.25, 0.3) is 0 Å². The smallest absolute Gasteiger partial charge is 0.269 e. The Morgan fingerprint density at radius 3 is 2.29 bits per heavy atom. The minimum Gasteiger partial charge on any atom is -0.494 e. The first kappa shape index (κ1) is 21.1. The van der Waals surface area contributed by atoms with E-state index in [4.69, 9.17) is 4.74 Å². The molecule has 0 aliphatic heterocycles. The molecular weight excluding hydrogens is 382 g/mol. The van der Waals surface area contributed by atoms with Crippen molar-refractivity contribution in [2.45, 2.75) is 11.8 Å². The summed E-state index contributed by atoms with van der Waals surface area (Å²) in [6.45, 7) is 5.88. The molecule has 0 radical (unpaired) electrons. The summed E-state index contributed by atoms with van der Waals surface area (Å²) in [7, 11) is -3.76. The third kappa shape index (κ3) is 5.66. The maximum absolute atomic E-state index is 12.2. The lowest BCUT2D eigenvalue weighted by Crippen LogP contribution is -2.41. The van der Waals surface area contributed by atoms with Crippen LogP contribution in [0.1, 0.15) is 27.6 Å². The predicted molar refractivity (Wildman–Crippen MR) is 104 cm³/mol. The van der Waals surface area contributed by atoms with Crippen molar-refractivity contribution < 1.29 is 22.7 Å². The quantitative estimate of drug-likeness (QED) is 0.458. The minimum absolute atomic E-state index is 0.0664. The molecule has 2 aromatic rings. The molecule has 3 N–H and O–H groups in total. The maximum Gasteiger partial charge on any atom is 0.269 e. The van der Waals surface area contributed by atoms with Gasteiger partial charge in [-0.3, -0.25) is 20.4 Å². The number of benzene rings is 2. The molecule has 0 spiro atoms. The van der Waals surface area contributed by atoms with Crippen molar-refractivity contribution in [2.24, 2.45) is 0 Å². The van der Waals surface area contributed by atoms with E-state index in [-0.39, 0.29) is 17.0 Å². The average molecular weight is 403 g/mol. The van der Waals surface area contributed by atoms with Gasteiger partial charge in [0.05, 0.1) is 11.5 Å². The first-order chi connectivity index (χ1) is 13.4. The summed E-state index contributed by atoms with van der Waals surface area (Å²) in [6, 6.07) is 11.9. The molecule has 0 saturated heterocycles. The molecule has 0 unspecified atom stereocenters. The van der Waals surface area contributed by atoms with Crippen LogP contribution in [0.2, 0.25) is 0 Å². The average Bonchev–Trinajstić information content (AvgIpc) is 2.71. The van der Waals surface area contributed by atoms with E-state index in [9.17, 15) is 18.0 Å². The number of rotatable bonds is 8. The van der Waals surface area contributed by atoms with Gasteiger partial charge in [0.1, 0.15) is 5.75 Å². The number of carbonyl (C=O) groups excluding carboxylic acids is 2. The zero-order chi connectivity index (χ0) is 20.6. The van der Waals surface area contributed by atoms with Gasteiger partial charge in [0.2, 0.25) is 10.0 Å². The van der Waals surface area contributed by atoms with Gasteiger partial charge in [-0.2, -0.15) is 0 Å². The molecule has 148 valence electrons. The van der Waals surface area contributed by atoms with Crippen LogP contribution in [0.15, 0.2) is 66.1 Å². The highest BCUT2D eigenvalue weighted by atomic mass is 32.2. The maximum atomic E-state index is 12.2. The van der Waals surface area contributed by atoms with E-state index in [1.807, 2.05) is 6.92 Å². The highest BCUT2D eigenvalue weighted by Gasteiger charge is 2.16. The van der Waals surface area contributed by atoms with Crippen LogP contribution in [-0.4, -0.2) is 33.4 Å². The minimum atomic E-state index is -3.76. The topological polar surface area (TPSA) is 114 Å². The van der Waals surface area contributed by atoms with Gasteiger partial charge >= 0.3 is 0 Å². The zero-order valence-electron chi connectivity index (χ0n) is 15.3. The molecule has 2 aromatic carbocycles. The van der Waals surface area contributed by atoms with E-state index in [0.29, 0.717) is 17.9 Å². The molecule has 0 atom stereocenters. The second-order valence-electron chi connectivity index (χ2n) is 5.53. The molecule has 8 nitrogen and oxygen atoms in total. The Kier molecular flexibility index (Phi) is 7.30.